The van der Waals surface area contributed by atoms with E-state index in [1.807, 2.05) is 24.3 Å². The van der Waals surface area contributed by atoms with Gasteiger partial charge in [-0.2, -0.15) is 0 Å². The highest BCUT2D eigenvalue weighted by Crippen LogP contribution is 2.22. The number of hydrogen-bond acceptors (Lipinski definition) is 1. The lowest BCUT2D eigenvalue weighted by atomic mass is 10.2. The maximum absolute atomic E-state index is 5.94. The third kappa shape index (κ3) is 1.72. The van der Waals surface area contributed by atoms with Crippen LogP contribution in [0.3, 0.4) is 0 Å². The van der Waals surface area contributed by atoms with E-state index in [1.165, 1.54) is 5.56 Å². The van der Waals surface area contributed by atoms with E-state index in [0.717, 1.165) is 23.1 Å². The molecule has 3 aromatic rings. The average molecular weight is 220 g/mol. The molecule has 0 aliphatic heterocycles. The zero-order valence-electron chi connectivity index (χ0n) is 9.35. The maximum Gasteiger partial charge on any atom is 0.0504 e. The topological polar surface area (TPSA) is 30.9 Å². The normalized spacial score (nSPS) is 10.4. The van der Waals surface area contributed by atoms with Gasteiger partial charge in [-0.15, -0.1) is 0 Å². The van der Waals surface area contributed by atoms with Gasteiger partial charge in [0.15, 0.2) is 0 Å². The molecular formula is C15H12N2. The first-order chi connectivity index (χ1) is 8.34. The summed E-state index contributed by atoms with van der Waals surface area (Å²) in [5.41, 5.74) is 9.14. The second kappa shape index (κ2) is 3.88. The Balaban J connectivity index is 2.05. The quantitative estimate of drug-likeness (QED) is 0.661. The van der Waals surface area contributed by atoms with Crippen LogP contribution in [0.1, 0.15) is 5.56 Å². The van der Waals surface area contributed by atoms with Crippen LogP contribution in [0, 0.1) is 12.1 Å². The monoisotopic (exact) mass is 220 g/mol. The van der Waals surface area contributed by atoms with Gasteiger partial charge < -0.3 is 10.3 Å². The predicted molar refractivity (Wildman–Crippen MR) is 69.6 cm³/mol. The van der Waals surface area contributed by atoms with Crippen molar-refractivity contribution in [2.24, 2.45) is 0 Å². The van der Waals surface area contributed by atoms with Gasteiger partial charge in [0.2, 0.25) is 0 Å². The molecule has 17 heavy (non-hydrogen) atoms. The summed E-state index contributed by atoms with van der Waals surface area (Å²) >= 11 is 0. The Bertz CT molecular complexity index is 638. The van der Waals surface area contributed by atoms with Gasteiger partial charge in [-0.3, -0.25) is 0 Å². The first-order valence-electron chi connectivity index (χ1n) is 5.54. The molecule has 0 aliphatic carbocycles. The summed E-state index contributed by atoms with van der Waals surface area (Å²) in [6, 6.07) is 19.8. The molecule has 82 valence electrons. The minimum absolute atomic E-state index is 0.828. The predicted octanol–water partition coefficient (Wildman–Crippen LogP) is 2.87. The molecule has 1 aromatic heterocycles. The number of rotatable bonds is 2. The fourth-order valence-electron chi connectivity index (χ4n) is 2.06. The average Bonchev–Trinajstić information content (AvgIpc) is 2.76. The third-order valence-corrected chi connectivity index (χ3v) is 2.92. The number of hydrogen-bond donors (Lipinski definition) is 1. The first-order valence-corrected chi connectivity index (χ1v) is 5.54. The van der Waals surface area contributed by atoms with Crippen molar-refractivity contribution in [3.05, 3.63) is 66.4 Å². The van der Waals surface area contributed by atoms with Crippen molar-refractivity contribution >= 4 is 16.6 Å². The van der Waals surface area contributed by atoms with E-state index < -0.39 is 0 Å². The Hall–Kier alpha value is -2.40. The van der Waals surface area contributed by atoms with Gasteiger partial charge in [0.25, 0.3) is 0 Å². The van der Waals surface area contributed by atoms with Crippen molar-refractivity contribution in [1.29, 1.82) is 0 Å². The molecule has 0 bridgehead atoms. The summed E-state index contributed by atoms with van der Waals surface area (Å²) in [6.07, 6.45) is 2.07. The molecule has 3 rings (SSSR count). The van der Waals surface area contributed by atoms with Gasteiger partial charge in [-0.05, 0) is 42.0 Å². The van der Waals surface area contributed by atoms with E-state index in [-0.39, 0.29) is 0 Å². The lowest BCUT2D eigenvalue weighted by molar-refractivity contribution is 0.837. The highest BCUT2D eigenvalue weighted by atomic mass is 15.0. The van der Waals surface area contributed by atoms with Crippen molar-refractivity contribution in [2.45, 2.75) is 6.54 Å². The largest absolute Gasteiger partial charge is 0.398 e. The molecule has 1 heterocycles. The number of nitrogen functional groups attached to an aromatic ring is 1. The van der Waals surface area contributed by atoms with Crippen LogP contribution in [-0.4, -0.2) is 4.57 Å². The second-order valence-corrected chi connectivity index (χ2v) is 4.06. The van der Waals surface area contributed by atoms with E-state index in [2.05, 4.69) is 41.1 Å². The molecule has 0 atom stereocenters. The summed E-state index contributed by atoms with van der Waals surface area (Å²) in [4.78, 5) is 0. The lowest BCUT2D eigenvalue weighted by Gasteiger charge is -2.05. The smallest absolute Gasteiger partial charge is 0.0504 e. The van der Waals surface area contributed by atoms with Crippen LogP contribution in [-0.2, 0) is 6.54 Å². The number of benzene rings is 1. The van der Waals surface area contributed by atoms with Gasteiger partial charge in [0, 0.05) is 23.8 Å². The molecule has 0 saturated heterocycles. The number of nitrogens with zero attached hydrogens (tertiary/aromatic N) is 1. The Kier molecular flexibility index (Phi) is 2.23. The van der Waals surface area contributed by atoms with Gasteiger partial charge in [-0.25, -0.2) is 0 Å². The Labute approximate surface area is 100 Å². The number of anilines is 1. The molecule has 2 aromatic carbocycles. The van der Waals surface area contributed by atoms with Crippen LogP contribution >= 0.6 is 0 Å². The maximum atomic E-state index is 5.94. The first kappa shape index (κ1) is 9.80. The van der Waals surface area contributed by atoms with Crippen molar-refractivity contribution in [1.82, 2.24) is 4.57 Å². The van der Waals surface area contributed by atoms with Crippen LogP contribution in [0.25, 0.3) is 10.9 Å². The molecule has 0 amide bonds. The zero-order chi connectivity index (χ0) is 11.7. The molecule has 0 spiro atoms. The molecule has 0 fully saturated rings. The molecule has 2 nitrogen and oxygen atoms in total. The summed E-state index contributed by atoms with van der Waals surface area (Å²) in [5.74, 6) is 0. The van der Waals surface area contributed by atoms with E-state index >= 15 is 0 Å². The van der Waals surface area contributed by atoms with E-state index in [1.54, 1.807) is 0 Å². The Morgan fingerprint density at radius 1 is 1.12 bits per heavy atom. The van der Waals surface area contributed by atoms with Crippen molar-refractivity contribution < 1.29 is 0 Å². The fourth-order valence-corrected chi connectivity index (χ4v) is 2.06. The SMILES string of the molecule is Nc1cccc2c1ccn2Cc1cc#ccc1. The number of fused-ring (bicyclic) bond motifs is 1. The van der Waals surface area contributed by atoms with Crippen molar-refractivity contribution in [2.75, 3.05) is 5.73 Å². The van der Waals surface area contributed by atoms with Gasteiger partial charge in [0.1, 0.15) is 0 Å². The fraction of sp³-hybridized carbons (Fsp3) is 0.0667. The molecule has 2 heteroatoms. The summed E-state index contributed by atoms with van der Waals surface area (Å²) in [7, 11) is 0. The highest BCUT2D eigenvalue weighted by Gasteiger charge is 2.03. The van der Waals surface area contributed by atoms with Crippen LogP contribution in [0.2, 0.25) is 0 Å². The summed E-state index contributed by atoms with van der Waals surface area (Å²) in [6.45, 7) is 0.831. The standard InChI is InChI=1S/C15H12N2/c16-14-7-4-8-15-13(14)9-10-17(15)11-12-5-2-1-3-6-12/h2,4-10H,11,16H2. The van der Waals surface area contributed by atoms with Gasteiger partial charge in [0.05, 0.1) is 5.52 Å². The third-order valence-electron chi connectivity index (χ3n) is 2.92. The zero-order valence-corrected chi connectivity index (χ0v) is 9.35. The number of nitrogens with two attached hydrogens (primary N) is 1. The molecular weight excluding hydrogens is 208 g/mol. The van der Waals surface area contributed by atoms with Crippen molar-refractivity contribution in [3.63, 3.8) is 0 Å². The van der Waals surface area contributed by atoms with E-state index in [4.69, 9.17) is 5.73 Å². The van der Waals surface area contributed by atoms with Crippen LogP contribution in [0.5, 0.6) is 0 Å². The van der Waals surface area contributed by atoms with E-state index in [0.29, 0.717) is 0 Å². The van der Waals surface area contributed by atoms with Crippen LogP contribution in [0.4, 0.5) is 5.69 Å². The van der Waals surface area contributed by atoms with Gasteiger partial charge >= 0.3 is 0 Å². The minimum atomic E-state index is 0.828. The number of aromatic nitrogens is 1. The molecule has 0 radical (unpaired) electrons. The van der Waals surface area contributed by atoms with E-state index in [9.17, 15) is 0 Å². The second-order valence-electron chi connectivity index (χ2n) is 4.06. The summed E-state index contributed by atoms with van der Waals surface area (Å²) < 4.78 is 2.19. The highest BCUT2D eigenvalue weighted by molar-refractivity contribution is 5.91. The van der Waals surface area contributed by atoms with Gasteiger partial charge in [-0.1, -0.05) is 18.2 Å². The molecule has 0 aliphatic rings. The van der Waals surface area contributed by atoms with Crippen LogP contribution in [0.15, 0.2) is 48.7 Å². The Morgan fingerprint density at radius 3 is 2.88 bits per heavy atom. The Morgan fingerprint density at radius 2 is 2.06 bits per heavy atom. The molecule has 2 N–H and O–H groups in total. The summed E-state index contributed by atoms with van der Waals surface area (Å²) in [5, 5.41) is 1.11. The minimum Gasteiger partial charge on any atom is -0.398 e. The molecule has 0 unspecified atom stereocenters. The van der Waals surface area contributed by atoms with Crippen LogP contribution < -0.4 is 5.73 Å². The lowest BCUT2D eigenvalue weighted by Crippen LogP contribution is -1.97. The van der Waals surface area contributed by atoms with Crippen molar-refractivity contribution in [3.8, 4) is 0 Å². The molecule has 0 saturated carbocycles.